The average Bonchev–Trinajstić information content (AvgIpc) is 2.55. The van der Waals surface area contributed by atoms with E-state index in [1.54, 1.807) is 45.0 Å². The minimum atomic E-state index is -0.775. The van der Waals surface area contributed by atoms with Crippen LogP contribution >= 0.6 is 11.6 Å². The monoisotopic (exact) mass is 374 g/mol. The number of hydrogen-bond donors (Lipinski definition) is 2. The van der Waals surface area contributed by atoms with Crippen molar-refractivity contribution in [1.82, 2.24) is 5.32 Å². The van der Waals surface area contributed by atoms with E-state index in [1.165, 1.54) is 0 Å². The van der Waals surface area contributed by atoms with Crippen molar-refractivity contribution in [3.63, 3.8) is 0 Å². The Hall–Kier alpha value is -2.53. The van der Waals surface area contributed by atoms with E-state index in [-0.39, 0.29) is 5.91 Å². The topological polar surface area (TPSA) is 67.4 Å². The van der Waals surface area contributed by atoms with Crippen molar-refractivity contribution in [2.75, 3.05) is 5.32 Å². The quantitative estimate of drug-likeness (QED) is 0.814. The van der Waals surface area contributed by atoms with Crippen LogP contribution in [0.15, 0.2) is 54.6 Å². The van der Waals surface area contributed by atoms with Crippen LogP contribution in [0.25, 0.3) is 0 Å². The van der Waals surface area contributed by atoms with E-state index < -0.39 is 17.7 Å². The van der Waals surface area contributed by atoms with Gasteiger partial charge in [-0.05, 0) is 50.6 Å². The minimum absolute atomic E-state index is 0.331. The molecule has 26 heavy (non-hydrogen) atoms. The largest absolute Gasteiger partial charge is 0.444 e. The maximum Gasteiger partial charge on any atom is 0.408 e. The molecule has 0 aliphatic carbocycles. The van der Waals surface area contributed by atoms with E-state index in [9.17, 15) is 9.59 Å². The lowest BCUT2D eigenvalue weighted by Gasteiger charge is -2.23. The molecular formula is C20H23ClN2O3. The summed E-state index contributed by atoms with van der Waals surface area (Å²) in [6, 6.07) is 15.5. The van der Waals surface area contributed by atoms with E-state index >= 15 is 0 Å². The van der Waals surface area contributed by atoms with Crippen molar-refractivity contribution >= 4 is 29.3 Å². The molecule has 2 aromatic carbocycles. The molecule has 0 heterocycles. The van der Waals surface area contributed by atoms with Gasteiger partial charge >= 0.3 is 6.09 Å². The van der Waals surface area contributed by atoms with Gasteiger partial charge in [0, 0.05) is 17.1 Å². The normalized spacial score (nSPS) is 12.2. The highest BCUT2D eigenvalue weighted by molar-refractivity contribution is 6.30. The van der Waals surface area contributed by atoms with Crippen LogP contribution in [0.1, 0.15) is 26.3 Å². The van der Waals surface area contributed by atoms with E-state index in [0.717, 1.165) is 5.56 Å². The van der Waals surface area contributed by atoms with Crippen molar-refractivity contribution in [1.29, 1.82) is 0 Å². The van der Waals surface area contributed by atoms with Gasteiger partial charge in [0.2, 0.25) is 5.91 Å². The van der Waals surface area contributed by atoms with Crippen molar-refractivity contribution in [2.24, 2.45) is 0 Å². The van der Waals surface area contributed by atoms with Gasteiger partial charge in [-0.2, -0.15) is 0 Å². The van der Waals surface area contributed by atoms with E-state index in [2.05, 4.69) is 10.6 Å². The fourth-order valence-corrected chi connectivity index (χ4v) is 2.40. The molecule has 0 spiro atoms. The molecule has 0 aromatic heterocycles. The van der Waals surface area contributed by atoms with E-state index in [0.29, 0.717) is 17.1 Å². The predicted molar refractivity (Wildman–Crippen MR) is 103 cm³/mol. The highest BCUT2D eigenvalue weighted by atomic mass is 35.5. The van der Waals surface area contributed by atoms with Gasteiger partial charge < -0.3 is 15.4 Å². The molecule has 0 unspecified atom stereocenters. The van der Waals surface area contributed by atoms with Crippen LogP contribution in [-0.4, -0.2) is 23.6 Å². The number of carbonyl (C=O) groups excluding carboxylic acids is 2. The number of rotatable bonds is 5. The molecular weight excluding hydrogens is 352 g/mol. The number of hydrogen-bond acceptors (Lipinski definition) is 3. The third kappa shape index (κ3) is 6.76. The average molecular weight is 375 g/mol. The Kier molecular flexibility index (Phi) is 6.64. The second-order valence-electron chi connectivity index (χ2n) is 6.88. The summed E-state index contributed by atoms with van der Waals surface area (Å²) in [6.45, 7) is 5.31. The van der Waals surface area contributed by atoms with Crippen molar-refractivity contribution < 1.29 is 14.3 Å². The molecule has 0 aliphatic heterocycles. The molecule has 2 amide bonds. The Labute approximate surface area is 158 Å². The summed E-state index contributed by atoms with van der Waals surface area (Å²) in [5.41, 5.74) is 0.886. The first kappa shape index (κ1) is 19.8. The number of amides is 2. The maximum atomic E-state index is 12.7. The summed E-state index contributed by atoms with van der Waals surface area (Å²) < 4.78 is 5.27. The maximum absolute atomic E-state index is 12.7. The first-order valence-electron chi connectivity index (χ1n) is 8.33. The lowest BCUT2D eigenvalue weighted by atomic mass is 10.1. The second-order valence-corrected chi connectivity index (χ2v) is 7.32. The van der Waals surface area contributed by atoms with Crippen LogP contribution in [0.4, 0.5) is 10.5 Å². The Balaban J connectivity index is 2.11. The molecule has 0 saturated heterocycles. The van der Waals surface area contributed by atoms with Crippen molar-refractivity contribution in [3.05, 3.63) is 65.2 Å². The molecule has 5 nitrogen and oxygen atoms in total. The number of alkyl carbamates (subject to hydrolysis) is 1. The molecule has 0 saturated carbocycles. The lowest BCUT2D eigenvalue weighted by molar-refractivity contribution is -0.118. The molecule has 2 N–H and O–H groups in total. The molecule has 2 aromatic rings. The molecule has 1 atom stereocenters. The zero-order chi connectivity index (χ0) is 19.2. The summed E-state index contributed by atoms with van der Waals surface area (Å²) in [5.74, 6) is -0.331. The van der Waals surface area contributed by atoms with Crippen LogP contribution in [0.5, 0.6) is 0 Å². The van der Waals surface area contributed by atoms with Crippen molar-refractivity contribution in [2.45, 2.75) is 38.8 Å². The SMILES string of the molecule is CC(C)(C)OC(=O)N[C@@H](Cc1ccccc1)C(=O)Nc1ccc(Cl)cc1. The van der Waals surface area contributed by atoms with Gasteiger partial charge in [0.25, 0.3) is 0 Å². The molecule has 0 radical (unpaired) electrons. The highest BCUT2D eigenvalue weighted by Crippen LogP contribution is 2.15. The third-order valence-electron chi connectivity index (χ3n) is 3.40. The number of carbonyl (C=O) groups is 2. The van der Waals surface area contributed by atoms with Gasteiger partial charge in [0.05, 0.1) is 0 Å². The van der Waals surface area contributed by atoms with Crippen LogP contribution in [0.2, 0.25) is 5.02 Å². The van der Waals surface area contributed by atoms with Gasteiger partial charge in [0.1, 0.15) is 11.6 Å². The molecule has 0 fully saturated rings. The number of halogens is 1. The Morgan fingerprint density at radius 1 is 1.04 bits per heavy atom. The number of benzene rings is 2. The first-order chi connectivity index (χ1) is 12.2. The fourth-order valence-electron chi connectivity index (χ4n) is 2.27. The van der Waals surface area contributed by atoms with Crippen LogP contribution < -0.4 is 10.6 Å². The Morgan fingerprint density at radius 3 is 2.23 bits per heavy atom. The molecule has 2 rings (SSSR count). The molecule has 6 heteroatoms. The van der Waals surface area contributed by atoms with Gasteiger partial charge in [-0.1, -0.05) is 41.9 Å². The molecule has 0 aliphatic rings. The first-order valence-corrected chi connectivity index (χ1v) is 8.70. The summed E-state index contributed by atoms with van der Waals surface area (Å²) in [6.07, 6.45) is -0.288. The number of ether oxygens (including phenoxy) is 1. The zero-order valence-electron chi connectivity index (χ0n) is 15.1. The van der Waals surface area contributed by atoms with Crippen LogP contribution in [0.3, 0.4) is 0 Å². The van der Waals surface area contributed by atoms with Gasteiger partial charge in [-0.25, -0.2) is 4.79 Å². The number of nitrogens with one attached hydrogen (secondary N) is 2. The Bertz CT molecular complexity index is 740. The molecule has 0 bridgehead atoms. The zero-order valence-corrected chi connectivity index (χ0v) is 15.8. The second kappa shape index (κ2) is 8.72. The molecule has 138 valence electrons. The third-order valence-corrected chi connectivity index (χ3v) is 3.65. The summed E-state index contributed by atoms with van der Waals surface area (Å²) >= 11 is 5.86. The van der Waals surface area contributed by atoms with Crippen molar-refractivity contribution in [3.8, 4) is 0 Å². The van der Waals surface area contributed by atoms with Gasteiger partial charge in [0.15, 0.2) is 0 Å². The standard InChI is InChI=1S/C20H23ClN2O3/c1-20(2,3)26-19(25)23-17(13-14-7-5-4-6-8-14)18(24)22-16-11-9-15(21)10-12-16/h4-12,17H,13H2,1-3H3,(H,22,24)(H,23,25)/t17-/m0/s1. The predicted octanol–water partition coefficient (Wildman–Crippen LogP) is 4.41. The van der Waals surface area contributed by atoms with Gasteiger partial charge in [-0.3, -0.25) is 4.79 Å². The lowest BCUT2D eigenvalue weighted by Crippen LogP contribution is -2.47. The smallest absolute Gasteiger partial charge is 0.408 e. The summed E-state index contributed by atoms with van der Waals surface area (Å²) in [7, 11) is 0. The summed E-state index contributed by atoms with van der Waals surface area (Å²) in [5, 5.41) is 6.02. The van der Waals surface area contributed by atoms with Crippen LogP contribution in [0, 0.1) is 0 Å². The number of anilines is 1. The van der Waals surface area contributed by atoms with E-state index in [4.69, 9.17) is 16.3 Å². The summed E-state index contributed by atoms with van der Waals surface area (Å²) in [4.78, 5) is 24.8. The van der Waals surface area contributed by atoms with Gasteiger partial charge in [-0.15, -0.1) is 0 Å². The fraction of sp³-hybridized carbons (Fsp3) is 0.300. The minimum Gasteiger partial charge on any atom is -0.444 e. The van der Waals surface area contributed by atoms with Crippen LogP contribution in [-0.2, 0) is 16.0 Å². The van der Waals surface area contributed by atoms with E-state index in [1.807, 2.05) is 30.3 Å². The highest BCUT2D eigenvalue weighted by Gasteiger charge is 2.24. The Morgan fingerprint density at radius 2 is 1.65 bits per heavy atom.